The molecule has 0 aliphatic carbocycles. The summed E-state index contributed by atoms with van der Waals surface area (Å²) in [4.78, 5) is 16.2. The summed E-state index contributed by atoms with van der Waals surface area (Å²) in [7, 11) is 0. The van der Waals surface area contributed by atoms with Gasteiger partial charge in [0.1, 0.15) is 12.7 Å². The van der Waals surface area contributed by atoms with Crippen LogP contribution in [0, 0.1) is 0 Å². The summed E-state index contributed by atoms with van der Waals surface area (Å²) in [6.07, 6.45) is 3.10. The SMILES string of the molecule is O=C(NCc1cccc(-n2cncn2)c1)c1cc(-c2ccccc2)on1. The summed E-state index contributed by atoms with van der Waals surface area (Å²) in [5, 5.41) is 10.8. The smallest absolute Gasteiger partial charge is 0.273 e. The minimum atomic E-state index is -0.290. The van der Waals surface area contributed by atoms with Gasteiger partial charge in [-0.3, -0.25) is 4.79 Å². The molecule has 4 aromatic rings. The molecule has 4 rings (SSSR count). The number of rotatable bonds is 5. The summed E-state index contributed by atoms with van der Waals surface area (Å²) >= 11 is 0. The molecule has 7 heteroatoms. The lowest BCUT2D eigenvalue weighted by molar-refractivity contribution is 0.0942. The summed E-state index contributed by atoms with van der Waals surface area (Å²) in [5.74, 6) is 0.269. The second kappa shape index (κ2) is 7.02. The summed E-state index contributed by atoms with van der Waals surface area (Å²) in [6.45, 7) is 0.370. The van der Waals surface area contributed by atoms with Gasteiger partial charge in [-0.2, -0.15) is 5.10 Å². The highest BCUT2D eigenvalue weighted by Crippen LogP contribution is 2.19. The maximum atomic E-state index is 12.3. The first-order chi connectivity index (χ1) is 12.8. The van der Waals surface area contributed by atoms with E-state index >= 15 is 0 Å². The van der Waals surface area contributed by atoms with Crippen molar-refractivity contribution in [1.29, 1.82) is 0 Å². The Hall–Kier alpha value is -3.74. The van der Waals surface area contributed by atoms with Crippen LogP contribution in [0.2, 0.25) is 0 Å². The van der Waals surface area contributed by atoms with Crippen molar-refractivity contribution < 1.29 is 9.32 Å². The van der Waals surface area contributed by atoms with E-state index in [9.17, 15) is 4.79 Å². The first kappa shape index (κ1) is 15.8. The molecule has 2 aromatic carbocycles. The molecule has 0 saturated carbocycles. The van der Waals surface area contributed by atoms with Crippen molar-refractivity contribution in [2.24, 2.45) is 0 Å². The average molecular weight is 345 g/mol. The fraction of sp³-hybridized carbons (Fsp3) is 0.0526. The molecule has 0 spiro atoms. The van der Waals surface area contributed by atoms with E-state index in [1.54, 1.807) is 17.1 Å². The van der Waals surface area contributed by atoms with Crippen LogP contribution in [0.5, 0.6) is 0 Å². The van der Waals surface area contributed by atoms with Crippen molar-refractivity contribution >= 4 is 5.91 Å². The number of carbonyl (C=O) groups is 1. The van der Waals surface area contributed by atoms with Crippen LogP contribution in [0.15, 0.2) is 77.8 Å². The standard InChI is InChI=1S/C19H15N5O2/c25-19(17-10-18(26-23-17)15-6-2-1-3-7-15)21-11-14-5-4-8-16(9-14)24-13-20-12-22-24/h1-10,12-13H,11H2,(H,21,25). The molecule has 1 N–H and O–H groups in total. The Balaban J connectivity index is 1.43. The molecule has 128 valence electrons. The molecule has 2 aromatic heterocycles. The number of hydrogen-bond donors (Lipinski definition) is 1. The van der Waals surface area contributed by atoms with Crippen LogP contribution in [-0.4, -0.2) is 25.8 Å². The molecule has 2 heterocycles. The monoisotopic (exact) mass is 345 g/mol. The number of aromatic nitrogens is 4. The molecule has 0 bridgehead atoms. The van der Waals surface area contributed by atoms with E-state index in [-0.39, 0.29) is 11.6 Å². The lowest BCUT2D eigenvalue weighted by atomic mass is 10.1. The molecule has 0 atom stereocenters. The van der Waals surface area contributed by atoms with Gasteiger partial charge in [-0.25, -0.2) is 9.67 Å². The van der Waals surface area contributed by atoms with Crippen molar-refractivity contribution in [3.63, 3.8) is 0 Å². The number of amides is 1. The van der Waals surface area contributed by atoms with Gasteiger partial charge in [0.2, 0.25) is 0 Å². The molecule has 0 aliphatic rings. The Morgan fingerprint density at radius 1 is 1.08 bits per heavy atom. The third-order valence-corrected chi connectivity index (χ3v) is 3.85. The normalized spacial score (nSPS) is 10.6. The van der Waals surface area contributed by atoms with Gasteiger partial charge in [-0.15, -0.1) is 0 Å². The van der Waals surface area contributed by atoms with E-state index in [0.29, 0.717) is 12.3 Å². The third kappa shape index (κ3) is 3.36. The quantitative estimate of drug-likeness (QED) is 0.601. The number of nitrogens with zero attached hydrogens (tertiary/aromatic N) is 4. The van der Waals surface area contributed by atoms with Crippen molar-refractivity contribution in [1.82, 2.24) is 25.2 Å². The minimum Gasteiger partial charge on any atom is -0.355 e. The second-order valence-corrected chi connectivity index (χ2v) is 5.64. The molecule has 7 nitrogen and oxygen atoms in total. The Morgan fingerprint density at radius 3 is 2.77 bits per heavy atom. The topological polar surface area (TPSA) is 85.8 Å². The molecule has 0 radical (unpaired) electrons. The van der Waals surface area contributed by atoms with Crippen molar-refractivity contribution in [3.05, 3.63) is 84.6 Å². The maximum absolute atomic E-state index is 12.3. The first-order valence-corrected chi connectivity index (χ1v) is 8.04. The van der Waals surface area contributed by atoms with Crippen molar-refractivity contribution in [2.45, 2.75) is 6.54 Å². The second-order valence-electron chi connectivity index (χ2n) is 5.64. The fourth-order valence-electron chi connectivity index (χ4n) is 2.54. The van der Waals surface area contributed by atoms with E-state index in [2.05, 4.69) is 20.6 Å². The van der Waals surface area contributed by atoms with Crippen LogP contribution in [0.4, 0.5) is 0 Å². The van der Waals surface area contributed by atoms with E-state index in [1.807, 2.05) is 54.6 Å². The van der Waals surface area contributed by atoms with Gasteiger partial charge in [0, 0.05) is 18.2 Å². The fourth-order valence-corrected chi connectivity index (χ4v) is 2.54. The number of hydrogen-bond acceptors (Lipinski definition) is 5. The van der Waals surface area contributed by atoms with Gasteiger partial charge in [0.25, 0.3) is 5.91 Å². The molecule has 1 amide bonds. The Morgan fingerprint density at radius 2 is 1.96 bits per heavy atom. The zero-order chi connectivity index (χ0) is 17.8. The van der Waals surface area contributed by atoms with Gasteiger partial charge < -0.3 is 9.84 Å². The van der Waals surface area contributed by atoms with E-state index < -0.39 is 0 Å². The maximum Gasteiger partial charge on any atom is 0.273 e. The van der Waals surface area contributed by atoms with Gasteiger partial charge in [0.05, 0.1) is 5.69 Å². The third-order valence-electron chi connectivity index (χ3n) is 3.85. The van der Waals surface area contributed by atoms with Crippen LogP contribution in [0.1, 0.15) is 16.1 Å². The Labute approximate surface area is 149 Å². The van der Waals surface area contributed by atoms with E-state index in [1.165, 1.54) is 6.33 Å². The summed E-state index contributed by atoms with van der Waals surface area (Å²) < 4.78 is 6.92. The highest BCUT2D eigenvalue weighted by Gasteiger charge is 2.13. The average Bonchev–Trinajstić information content (AvgIpc) is 3.39. The minimum absolute atomic E-state index is 0.247. The predicted molar refractivity (Wildman–Crippen MR) is 94.5 cm³/mol. The van der Waals surface area contributed by atoms with Gasteiger partial charge in [-0.05, 0) is 17.7 Å². The molecule has 0 saturated heterocycles. The van der Waals surface area contributed by atoms with Crippen LogP contribution in [0.3, 0.4) is 0 Å². The number of nitrogens with one attached hydrogen (secondary N) is 1. The van der Waals surface area contributed by atoms with Crippen LogP contribution < -0.4 is 5.32 Å². The summed E-state index contributed by atoms with van der Waals surface area (Å²) in [6, 6.07) is 18.9. The molecule has 0 fully saturated rings. The molecule has 26 heavy (non-hydrogen) atoms. The first-order valence-electron chi connectivity index (χ1n) is 8.04. The molecule has 0 aliphatic heterocycles. The van der Waals surface area contributed by atoms with Crippen molar-refractivity contribution in [3.8, 4) is 17.0 Å². The number of benzene rings is 2. The van der Waals surface area contributed by atoms with Gasteiger partial charge in [0.15, 0.2) is 11.5 Å². The molecular weight excluding hydrogens is 330 g/mol. The van der Waals surface area contributed by atoms with E-state index in [4.69, 9.17) is 4.52 Å². The van der Waals surface area contributed by atoms with Crippen LogP contribution in [-0.2, 0) is 6.54 Å². The van der Waals surface area contributed by atoms with Crippen LogP contribution >= 0.6 is 0 Å². The Kier molecular flexibility index (Phi) is 4.26. The predicted octanol–water partition coefficient (Wildman–Crippen LogP) is 2.85. The zero-order valence-corrected chi connectivity index (χ0v) is 13.7. The highest BCUT2D eigenvalue weighted by atomic mass is 16.5. The molecular formula is C19H15N5O2. The van der Waals surface area contributed by atoms with Gasteiger partial charge in [-0.1, -0.05) is 47.6 Å². The van der Waals surface area contributed by atoms with Crippen LogP contribution in [0.25, 0.3) is 17.0 Å². The largest absolute Gasteiger partial charge is 0.355 e. The van der Waals surface area contributed by atoms with Crippen molar-refractivity contribution in [2.75, 3.05) is 0 Å². The Bertz CT molecular complexity index is 1010. The zero-order valence-electron chi connectivity index (χ0n) is 13.7. The van der Waals surface area contributed by atoms with Gasteiger partial charge >= 0.3 is 0 Å². The lowest BCUT2D eigenvalue weighted by Crippen LogP contribution is -2.23. The summed E-state index contributed by atoms with van der Waals surface area (Å²) in [5.41, 5.74) is 2.94. The molecule has 0 unspecified atom stereocenters. The van der Waals surface area contributed by atoms with E-state index in [0.717, 1.165) is 16.8 Å². The highest BCUT2D eigenvalue weighted by molar-refractivity contribution is 5.93. The number of carbonyl (C=O) groups excluding carboxylic acids is 1. The lowest BCUT2D eigenvalue weighted by Gasteiger charge is -2.06.